The molecule has 2 aromatic rings. The molecule has 2 rings (SSSR count). The van der Waals surface area contributed by atoms with Gasteiger partial charge in [-0.2, -0.15) is 0 Å². The zero-order chi connectivity index (χ0) is 14.5. The Morgan fingerprint density at radius 3 is 2.45 bits per heavy atom. The van der Waals surface area contributed by atoms with Crippen molar-refractivity contribution in [2.24, 2.45) is 5.73 Å². The van der Waals surface area contributed by atoms with E-state index >= 15 is 0 Å². The summed E-state index contributed by atoms with van der Waals surface area (Å²) in [4.78, 5) is 10.8. The summed E-state index contributed by atoms with van der Waals surface area (Å²) in [6, 6.07) is 14.6. The Bertz CT molecular complexity index is 598. The molecular formula is C15H16ClN3O. The Kier molecular flexibility index (Phi) is 4.48. The highest BCUT2D eigenvalue weighted by molar-refractivity contribution is 6.30. The normalized spacial score (nSPS) is 11.7. The average Bonchev–Trinajstić information content (AvgIpc) is 2.39. The number of nitrogens with one attached hydrogen (secondary N) is 2. The van der Waals surface area contributed by atoms with E-state index in [0.29, 0.717) is 10.7 Å². The zero-order valence-electron chi connectivity index (χ0n) is 11.1. The molecule has 2 aromatic carbocycles. The number of hydrogen-bond donors (Lipinski definition) is 3. The summed E-state index contributed by atoms with van der Waals surface area (Å²) in [5, 5.41) is 6.62. The van der Waals surface area contributed by atoms with Crippen LogP contribution >= 0.6 is 11.6 Å². The third kappa shape index (κ3) is 3.90. The molecule has 0 bridgehead atoms. The third-order valence-electron chi connectivity index (χ3n) is 2.88. The molecule has 0 aliphatic carbocycles. The third-order valence-corrected chi connectivity index (χ3v) is 3.14. The standard InChI is InChI=1S/C15H16ClN3O/c1-10(11-5-7-12(16)8-6-11)18-13-3-2-4-14(9-13)19-15(17)20/h2-10,18H,1H3,(H3,17,19,20). The highest BCUT2D eigenvalue weighted by Gasteiger charge is 2.06. The van der Waals surface area contributed by atoms with Gasteiger partial charge in [-0.15, -0.1) is 0 Å². The van der Waals surface area contributed by atoms with Crippen LogP contribution in [0.4, 0.5) is 16.2 Å². The number of rotatable bonds is 4. The highest BCUT2D eigenvalue weighted by atomic mass is 35.5. The number of urea groups is 1. The van der Waals surface area contributed by atoms with Crippen LogP contribution in [0.5, 0.6) is 0 Å². The molecule has 4 nitrogen and oxygen atoms in total. The molecule has 1 unspecified atom stereocenters. The number of amides is 2. The lowest BCUT2D eigenvalue weighted by Gasteiger charge is -2.16. The highest BCUT2D eigenvalue weighted by Crippen LogP contribution is 2.22. The molecule has 0 fully saturated rings. The van der Waals surface area contributed by atoms with E-state index in [4.69, 9.17) is 17.3 Å². The minimum absolute atomic E-state index is 0.121. The fourth-order valence-corrected chi connectivity index (χ4v) is 2.04. The van der Waals surface area contributed by atoms with Gasteiger partial charge in [0, 0.05) is 22.4 Å². The smallest absolute Gasteiger partial charge is 0.316 e. The molecule has 0 radical (unpaired) electrons. The first-order valence-corrected chi connectivity index (χ1v) is 6.61. The predicted molar refractivity (Wildman–Crippen MR) is 83.1 cm³/mol. The van der Waals surface area contributed by atoms with Crippen molar-refractivity contribution in [3.8, 4) is 0 Å². The maximum absolute atomic E-state index is 10.8. The number of benzene rings is 2. The van der Waals surface area contributed by atoms with Crippen LogP contribution in [0.1, 0.15) is 18.5 Å². The van der Waals surface area contributed by atoms with Crippen LogP contribution in [0.15, 0.2) is 48.5 Å². The molecule has 1 atom stereocenters. The van der Waals surface area contributed by atoms with Crippen LogP contribution in [-0.2, 0) is 0 Å². The van der Waals surface area contributed by atoms with E-state index in [1.165, 1.54) is 0 Å². The zero-order valence-corrected chi connectivity index (χ0v) is 11.8. The van der Waals surface area contributed by atoms with Crippen molar-refractivity contribution >= 4 is 29.0 Å². The lowest BCUT2D eigenvalue weighted by atomic mass is 10.1. The molecule has 0 aromatic heterocycles. The lowest BCUT2D eigenvalue weighted by molar-refractivity contribution is 0.259. The van der Waals surface area contributed by atoms with Crippen molar-refractivity contribution in [1.82, 2.24) is 0 Å². The minimum Gasteiger partial charge on any atom is -0.378 e. The monoisotopic (exact) mass is 289 g/mol. The molecule has 20 heavy (non-hydrogen) atoms. The van der Waals surface area contributed by atoms with E-state index < -0.39 is 6.03 Å². The number of carbonyl (C=O) groups excluding carboxylic acids is 1. The van der Waals surface area contributed by atoms with Crippen LogP contribution < -0.4 is 16.4 Å². The Hall–Kier alpha value is -2.20. The van der Waals surface area contributed by atoms with Gasteiger partial charge in [0.25, 0.3) is 0 Å². The van der Waals surface area contributed by atoms with Crippen LogP contribution in [0.25, 0.3) is 0 Å². The molecule has 104 valence electrons. The summed E-state index contributed by atoms with van der Waals surface area (Å²) in [5.74, 6) is 0. The van der Waals surface area contributed by atoms with Gasteiger partial charge in [-0.05, 0) is 42.8 Å². The van der Waals surface area contributed by atoms with Crippen molar-refractivity contribution in [2.45, 2.75) is 13.0 Å². The van der Waals surface area contributed by atoms with E-state index in [9.17, 15) is 4.79 Å². The minimum atomic E-state index is -0.576. The quantitative estimate of drug-likeness (QED) is 0.796. The number of carbonyl (C=O) groups is 1. The Labute approximate surface area is 122 Å². The van der Waals surface area contributed by atoms with Gasteiger partial charge in [0.15, 0.2) is 0 Å². The van der Waals surface area contributed by atoms with Gasteiger partial charge >= 0.3 is 6.03 Å². The van der Waals surface area contributed by atoms with Crippen molar-refractivity contribution in [1.29, 1.82) is 0 Å². The molecule has 2 amide bonds. The molecule has 0 spiro atoms. The van der Waals surface area contributed by atoms with Crippen molar-refractivity contribution in [3.05, 3.63) is 59.1 Å². The Balaban J connectivity index is 2.09. The van der Waals surface area contributed by atoms with E-state index in [0.717, 1.165) is 11.3 Å². The van der Waals surface area contributed by atoms with E-state index in [1.807, 2.05) is 42.5 Å². The number of anilines is 2. The molecule has 0 saturated heterocycles. The van der Waals surface area contributed by atoms with Crippen molar-refractivity contribution in [2.75, 3.05) is 10.6 Å². The van der Waals surface area contributed by atoms with E-state index in [-0.39, 0.29) is 6.04 Å². The maximum atomic E-state index is 10.8. The second kappa shape index (κ2) is 6.30. The first-order chi connectivity index (χ1) is 9.54. The summed E-state index contributed by atoms with van der Waals surface area (Å²) >= 11 is 5.87. The number of halogens is 1. The van der Waals surface area contributed by atoms with Crippen LogP contribution in [0, 0.1) is 0 Å². The summed E-state index contributed by atoms with van der Waals surface area (Å²) in [6.07, 6.45) is 0. The second-order valence-corrected chi connectivity index (χ2v) is 4.92. The van der Waals surface area contributed by atoms with E-state index in [1.54, 1.807) is 6.07 Å². The lowest BCUT2D eigenvalue weighted by Crippen LogP contribution is -2.19. The van der Waals surface area contributed by atoms with Gasteiger partial charge in [0.1, 0.15) is 0 Å². The van der Waals surface area contributed by atoms with Gasteiger partial charge in [-0.3, -0.25) is 0 Å². The molecule has 0 saturated carbocycles. The molecular weight excluding hydrogens is 274 g/mol. The number of primary amides is 1. The summed E-state index contributed by atoms with van der Waals surface area (Å²) in [5.41, 5.74) is 7.79. The second-order valence-electron chi connectivity index (χ2n) is 4.49. The van der Waals surface area contributed by atoms with Gasteiger partial charge in [-0.1, -0.05) is 29.8 Å². The Morgan fingerprint density at radius 2 is 1.80 bits per heavy atom. The largest absolute Gasteiger partial charge is 0.378 e. The SMILES string of the molecule is CC(Nc1cccc(NC(N)=O)c1)c1ccc(Cl)cc1. The molecule has 4 N–H and O–H groups in total. The van der Waals surface area contributed by atoms with Crippen LogP contribution in [0.3, 0.4) is 0 Å². The van der Waals surface area contributed by atoms with E-state index in [2.05, 4.69) is 17.6 Å². The van der Waals surface area contributed by atoms with Gasteiger partial charge < -0.3 is 16.4 Å². The van der Waals surface area contributed by atoms with Crippen LogP contribution in [-0.4, -0.2) is 6.03 Å². The van der Waals surface area contributed by atoms with Gasteiger partial charge in [0.2, 0.25) is 0 Å². The molecule has 0 heterocycles. The first-order valence-electron chi connectivity index (χ1n) is 6.23. The fourth-order valence-electron chi connectivity index (χ4n) is 1.91. The van der Waals surface area contributed by atoms with Gasteiger partial charge in [0.05, 0.1) is 0 Å². The fraction of sp³-hybridized carbons (Fsp3) is 0.133. The first kappa shape index (κ1) is 14.2. The van der Waals surface area contributed by atoms with Crippen molar-refractivity contribution < 1.29 is 4.79 Å². The molecule has 0 aliphatic heterocycles. The summed E-state index contributed by atoms with van der Waals surface area (Å²) < 4.78 is 0. The maximum Gasteiger partial charge on any atom is 0.316 e. The molecule has 5 heteroatoms. The van der Waals surface area contributed by atoms with Crippen LogP contribution in [0.2, 0.25) is 5.02 Å². The van der Waals surface area contributed by atoms with Gasteiger partial charge in [-0.25, -0.2) is 4.79 Å². The molecule has 0 aliphatic rings. The predicted octanol–water partition coefficient (Wildman–Crippen LogP) is 4.00. The topological polar surface area (TPSA) is 67.2 Å². The Morgan fingerprint density at radius 1 is 1.15 bits per heavy atom. The summed E-state index contributed by atoms with van der Waals surface area (Å²) in [7, 11) is 0. The number of nitrogens with two attached hydrogens (primary N) is 1. The number of hydrogen-bond acceptors (Lipinski definition) is 2. The van der Waals surface area contributed by atoms with Crippen molar-refractivity contribution in [3.63, 3.8) is 0 Å². The average molecular weight is 290 g/mol. The summed E-state index contributed by atoms with van der Waals surface area (Å²) in [6.45, 7) is 2.05.